The van der Waals surface area contributed by atoms with Crippen molar-refractivity contribution in [3.05, 3.63) is 0 Å². The first-order valence-corrected chi connectivity index (χ1v) is 2.56. The Morgan fingerprint density at radius 2 is 2.43 bits per heavy atom. The molecule has 7 heavy (non-hydrogen) atoms. The summed E-state index contributed by atoms with van der Waals surface area (Å²) in [6.45, 7) is 1.82. The Kier molecular flexibility index (Phi) is 2.87. The highest BCUT2D eigenvalue weighted by Crippen LogP contribution is 1.87. The van der Waals surface area contributed by atoms with Crippen molar-refractivity contribution in [2.24, 2.45) is 5.73 Å². The second kappa shape index (κ2) is 2.93. The van der Waals surface area contributed by atoms with Gasteiger partial charge in [0.15, 0.2) is 0 Å². The SMILES string of the molecule is CC[C@@H](O)C(N)=S. The number of rotatable bonds is 2. The molecule has 0 heterocycles. The van der Waals surface area contributed by atoms with Crippen LogP contribution >= 0.6 is 12.2 Å². The van der Waals surface area contributed by atoms with E-state index in [0.29, 0.717) is 6.42 Å². The fourth-order valence-corrected chi connectivity index (χ4v) is 0.368. The zero-order chi connectivity index (χ0) is 5.86. The third kappa shape index (κ3) is 2.53. The van der Waals surface area contributed by atoms with Gasteiger partial charge in [0, 0.05) is 0 Å². The van der Waals surface area contributed by atoms with E-state index in [2.05, 4.69) is 12.2 Å². The molecule has 0 aromatic rings. The van der Waals surface area contributed by atoms with Crippen molar-refractivity contribution in [1.29, 1.82) is 0 Å². The van der Waals surface area contributed by atoms with E-state index in [9.17, 15) is 0 Å². The molecule has 0 amide bonds. The molecule has 42 valence electrons. The first kappa shape index (κ1) is 6.85. The van der Waals surface area contributed by atoms with E-state index < -0.39 is 6.10 Å². The molecule has 0 aliphatic heterocycles. The minimum atomic E-state index is -0.588. The number of hydrogen-bond donors (Lipinski definition) is 2. The Labute approximate surface area is 48.3 Å². The van der Waals surface area contributed by atoms with Crippen molar-refractivity contribution in [2.75, 3.05) is 0 Å². The predicted molar refractivity (Wildman–Crippen MR) is 33.1 cm³/mol. The summed E-state index contributed by atoms with van der Waals surface area (Å²) in [5, 5.41) is 8.67. The van der Waals surface area contributed by atoms with Crippen molar-refractivity contribution in [2.45, 2.75) is 19.4 Å². The molecule has 0 aliphatic carbocycles. The summed E-state index contributed by atoms with van der Waals surface area (Å²) in [5.41, 5.74) is 5.03. The second-order valence-electron chi connectivity index (χ2n) is 1.33. The summed E-state index contributed by atoms with van der Waals surface area (Å²) in [4.78, 5) is 0.183. The molecule has 0 fully saturated rings. The molecule has 0 spiro atoms. The molecular formula is C4H9NOS. The van der Waals surface area contributed by atoms with Crippen molar-refractivity contribution in [3.63, 3.8) is 0 Å². The van der Waals surface area contributed by atoms with Crippen LogP contribution in [0, 0.1) is 0 Å². The average Bonchev–Trinajstić information content (AvgIpc) is 1.65. The van der Waals surface area contributed by atoms with Crippen LogP contribution in [0.2, 0.25) is 0 Å². The number of thiocarbonyl (C=S) groups is 1. The zero-order valence-corrected chi connectivity index (χ0v) is 5.03. The van der Waals surface area contributed by atoms with Crippen LogP contribution in [0.1, 0.15) is 13.3 Å². The van der Waals surface area contributed by atoms with Gasteiger partial charge in [0.1, 0.15) is 11.1 Å². The highest BCUT2D eigenvalue weighted by atomic mass is 32.1. The summed E-state index contributed by atoms with van der Waals surface area (Å²) < 4.78 is 0. The molecule has 3 heteroatoms. The van der Waals surface area contributed by atoms with Gasteiger partial charge in [-0.15, -0.1) is 0 Å². The normalized spacial score (nSPS) is 13.4. The molecule has 0 unspecified atom stereocenters. The third-order valence-electron chi connectivity index (χ3n) is 0.715. The second-order valence-corrected chi connectivity index (χ2v) is 1.80. The van der Waals surface area contributed by atoms with Crippen LogP contribution < -0.4 is 5.73 Å². The Morgan fingerprint density at radius 1 is 2.00 bits per heavy atom. The largest absolute Gasteiger partial charge is 0.391 e. The van der Waals surface area contributed by atoms with Gasteiger partial charge in [-0.2, -0.15) is 0 Å². The van der Waals surface area contributed by atoms with Gasteiger partial charge in [0.2, 0.25) is 0 Å². The van der Waals surface area contributed by atoms with Crippen LogP contribution in [0.3, 0.4) is 0 Å². The molecule has 0 saturated carbocycles. The highest BCUT2D eigenvalue weighted by molar-refractivity contribution is 7.80. The third-order valence-corrected chi connectivity index (χ3v) is 0.987. The maximum atomic E-state index is 8.67. The van der Waals surface area contributed by atoms with E-state index in [-0.39, 0.29) is 4.99 Å². The van der Waals surface area contributed by atoms with Gasteiger partial charge < -0.3 is 10.8 Å². The average molecular weight is 119 g/mol. The number of hydrogen-bond acceptors (Lipinski definition) is 2. The lowest BCUT2D eigenvalue weighted by Gasteiger charge is -2.01. The predicted octanol–water partition coefficient (Wildman–Crippen LogP) is 0.0434. The summed E-state index contributed by atoms with van der Waals surface area (Å²) in [7, 11) is 0. The minimum absolute atomic E-state index is 0.183. The summed E-state index contributed by atoms with van der Waals surface area (Å²) >= 11 is 4.45. The molecule has 2 nitrogen and oxygen atoms in total. The van der Waals surface area contributed by atoms with Crippen LogP contribution in [0.5, 0.6) is 0 Å². The van der Waals surface area contributed by atoms with Gasteiger partial charge in [-0.3, -0.25) is 0 Å². The maximum absolute atomic E-state index is 8.67. The zero-order valence-electron chi connectivity index (χ0n) is 4.22. The Balaban J connectivity index is 3.34. The van der Waals surface area contributed by atoms with Crippen LogP contribution in [-0.2, 0) is 0 Å². The standard InChI is InChI=1S/C4H9NOS/c1-2-3(6)4(5)7/h3,6H,2H2,1H3,(H2,5,7)/t3-/m1/s1. The maximum Gasteiger partial charge on any atom is 0.103 e. The monoisotopic (exact) mass is 119 g/mol. The number of aliphatic hydroxyl groups excluding tert-OH is 1. The van der Waals surface area contributed by atoms with Gasteiger partial charge in [0.05, 0.1) is 0 Å². The smallest absolute Gasteiger partial charge is 0.103 e. The van der Waals surface area contributed by atoms with Gasteiger partial charge >= 0.3 is 0 Å². The Bertz CT molecular complexity index is 74.1. The van der Waals surface area contributed by atoms with E-state index in [1.54, 1.807) is 0 Å². The van der Waals surface area contributed by atoms with Gasteiger partial charge in [-0.05, 0) is 6.42 Å². The van der Waals surface area contributed by atoms with Crippen molar-refractivity contribution >= 4 is 17.2 Å². The van der Waals surface area contributed by atoms with Gasteiger partial charge in [-0.1, -0.05) is 19.1 Å². The van der Waals surface area contributed by atoms with Crippen LogP contribution in [0.25, 0.3) is 0 Å². The molecule has 1 atom stereocenters. The molecular weight excluding hydrogens is 110 g/mol. The molecule has 3 N–H and O–H groups in total. The first-order chi connectivity index (χ1) is 3.18. The lowest BCUT2D eigenvalue weighted by molar-refractivity contribution is 0.238. The number of aliphatic hydroxyl groups is 1. The fourth-order valence-electron chi connectivity index (χ4n) is 0.201. The molecule has 0 aliphatic rings. The first-order valence-electron chi connectivity index (χ1n) is 2.16. The van der Waals surface area contributed by atoms with E-state index in [1.165, 1.54) is 0 Å². The Morgan fingerprint density at radius 3 is 2.43 bits per heavy atom. The summed E-state index contributed by atoms with van der Waals surface area (Å²) in [6.07, 6.45) is 0.0185. The van der Waals surface area contributed by atoms with Crippen LogP contribution in [0.15, 0.2) is 0 Å². The van der Waals surface area contributed by atoms with E-state index in [1.807, 2.05) is 6.92 Å². The Hall–Kier alpha value is -0.150. The van der Waals surface area contributed by atoms with Crippen molar-refractivity contribution in [3.8, 4) is 0 Å². The van der Waals surface area contributed by atoms with Crippen LogP contribution in [0.4, 0.5) is 0 Å². The molecule has 0 bridgehead atoms. The molecule has 0 saturated heterocycles. The fraction of sp³-hybridized carbons (Fsp3) is 0.750. The number of nitrogens with two attached hydrogens (primary N) is 1. The summed E-state index contributed by atoms with van der Waals surface area (Å²) in [5.74, 6) is 0. The lowest BCUT2D eigenvalue weighted by Crippen LogP contribution is -2.24. The topological polar surface area (TPSA) is 46.2 Å². The van der Waals surface area contributed by atoms with E-state index in [0.717, 1.165) is 0 Å². The highest BCUT2D eigenvalue weighted by Gasteiger charge is 2.00. The molecule has 0 aromatic heterocycles. The van der Waals surface area contributed by atoms with Gasteiger partial charge in [0.25, 0.3) is 0 Å². The molecule has 0 radical (unpaired) electrons. The quantitative estimate of drug-likeness (QED) is 0.505. The van der Waals surface area contributed by atoms with Crippen molar-refractivity contribution < 1.29 is 5.11 Å². The summed E-state index contributed by atoms with van der Waals surface area (Å²) in [6, 6.07) is 0. The minimum Gasteiger partial charge on any atom is -0.391 e. The lowest BCUT2D eigenvalue weighted by atomic mass is 10.3. The molecule has 0 rings (SSSR count). The van der Waals surface area contributed by atoms with Gasteiger partial charge in [-0.25, -0.2) is 0 Å². The van der Waals surface area contributed by atoms with Crippen molar-refractivity contribution in [1.82, 2.24) is 0 Å². The molecule has 0 aromatic carbocycles. The van der Waals surface area contributed by atoms with E-state index >= 15 is 0 Å². The van der Waals surface area contributed by atoms with Crippen LogP contribution in [-0.4, -0.2) is 16.2 Å². The van der Waals surface area contributed by atoms with E-state index in [4.69, 9.17) is 10.8 Å².